The molecule has 0 atom stereocenters. The van der Waals surface area contributed by atoms with Gasteiger partial charge in [0.05, 0.1) is 4.90 Å². The van der Waals surface area contributed by atoms with Crippen molar-refractivity contribution in [1.82, 2.24) is 4.72 Å². The monoisotopic (exact) mass is 319 g/mol. The minimum atomic E-state index is -4.07. The van der Waals surface area contributed by atoms with Gasteiger partial charge in [0.15, 0.2) is 0 Å². The number of benzene rings is 1. The molecule has 1 aromatic rings. The van der Waals surface area contributed by atoms with E-state index in [1.807, 2.05) is 0 Å². The van der Waals surface area contributed by atoms with E-state index in [-0.39, 0.29) is 15.4 Å². The lowest BCUT2D eigenvalue weighted by Crippen LogP contribution is -2.52. The van der Waals surface area contributed by atoms with Crippen LogP contribution in [0.1, 0.15) is 19.4 Å². The van der Waals surface area contributed by atoms with Crippen molar-refractivity contribution in [2.75, 3.05) is 0 Å². The summed E-state index contributed by atoms with van der Waals surface area (Å²) >= 11 is 4.63. The van der Waals surface area contributed by atoms with Crippen molar-refractivity contribution in [2.24, 2.45) is 11.5 Å². The first kappa shape index (κ1) is 16.5. The van der Waals surface area contributed by atoms with Crippen LogP contribution in [0.25, 0.3) is 0 Å². The van der Waals surface area contributed by atoms with Crippen LogP contribution < -0.4 is 16.2 Å². The average molecular weight is 319 g/mol. The van der Waals surface area contributed by atoms with Crippen molar-refractivity contribution in [3.05, 3.63) is 29.6 Å². The van der Waals surface area contributed by atoms with Crippen molar-refractivity contribution in [3.8, 4) is 0 Å². The standard InChI is InChI=1S/C11H14FN3O3S2/c1-11(2,10(14)16)15-20(17,18)6-3-4-8(12)7(5-6)9(13)19/h3-5,15H,1-2H3,(H2,13,19)(H2,14,16). The zero-order valence-electron chi connectivity index (χ0n) is 10.8. The molecule has 6 nitrogen and oxygen atoms in total. The summed E-state index contributed by atoms with van der Waals surface area (Å²) in [5, 5.41) is 0. The second kappa shape index (κ2) is 5.43. The van der Waals surface area contributed by atoms with Crippen LogP contribution in [0.2, 0.25) is 0 Å². The molecule has 0 spiro atoms. The molecule has 0 saturated heterocycles. The number of thiocarbonyl (C=S) groups is 1. The maximum absolute atomic E-state index is 13.4. The van der Waals surface area contributed by atoms with Crippen LogP contribution >= 0.6 is 12.2 Å². The van der Waals surface area contributed by atoms with E-state index in [9.17, 15) is 17.6 Å². The average Bonchev–Trinajstić information content (AvgIpc) is 2.27. The number of halogens is 1. The second-order valence-electron chi connectivity index (χ2n) is 4.60. The molecule has 20 heavy (non-hydrogen) atoms. The molecule has 0 radical (unpaired) electrons. The first-order chi connectivity index (χ1) is 8.97. The Hall–Kier alpha value is -1.58. The summed E-state index contributed by atoms with van der Waals surface area (Å²) in [5.41, 5.74) is 8.71. The number of carbonyl (C=O) groups excluding carboxylic acids is 1. The number of primary amides is 1. The van der Waals surface area contributed by atoms with E-state index in [4.69, 9.17) is 11.5 Å². The van der Waals surface area contributed by atoms with Gasteiger partial charge in [-0.3, -0.25) is 4.79 Å². The summed E-state index contributed by atoms with van der Waals surface area (Å²) in [5.74, 6) is -1.58. The lowest BCUT2D eigenvalue weighted by molar-refractivity contribution is -0.122. The summed E-state index contributed by atoms with van der Waals surface area (Å²) in [7, 11) is -4.07. The van der Waals surface area contributed by atoms with E-state index in [1.54, 1.807) is 0 Å². The molecule has 0 heterocycles. The summed E-state index contributed by atoms with van der Waals surface area (Å²) in [6, 6.07) is 2.97. The summed E-state index contributed by atoms with van der Waals surface area (Å²) < 4.78 is 39.8. The van der Waals surface area contributed by atoms with E-state index in [2.05, 4.69) is 16.9 Å². The smallest absolute Gasteiger partial charge is 0.241 e. The molecule has 0 bridgehead atoms. The predicted molar refractivity (Wildman–Crippen MR) is 75.9 cm³/mol. The molecular weight excluding hydrogens is 305 g/mol. The Balaban J connectivity index is 3.27. The van der Waals surface area contributed by atoms with Gasteiger partial charge in [0.25, 0.3) is 0 Å². The summed E-state index contributed by atoms with van der Waals surface area (Å²) in [6.07, 6.45) is 0. The third-order valence-corrected chi connectivity index (χ3v) is 4.39. The molecule has 110 valence electrons. The number of nitrogens with one attached hydrogen (secondary N) is 1. The molecule has 0 fully saturated rings. The van der Waals surface area contributed by atoms with Crippen LogP contribution in [0.3, 0.4) is 0 Å². The molecule has 1 rings (SSSR count). The highest BCUT2D eigenvalue weighted by atomic mass is 32.2. The normalized spacial score (nSPS) is 12.2. The Morgan fingerprint density at radius 3 is 2.35 bits per heavy atom. The van der Waals surface area contributed by atoms with E-state index >= 15 is 0 Å². The predicted octanol–water partition coefficient (Wildman–Crippen LogP) is 0.00210. The molecule has 9 heteroatoms. The van der Waals surface area contributed by atoms with Crippen LogP contribution in [-0.4, -0.2) is 24.9 Å². The van der Waals surface area contributed by atoms with Gasteiger partial charge in [-0.15, -0.1) is 0 Å². The van der Waals surface area contributed by atoms with Crippen molar-refractivity contribution < 1.29 is 17.6 Å². The molecule has 0 aliphatic rings. The van der Waals surface area contributed by atoms with Crippen molar-refractivity contribution in [3.63, 3.8) is 0 Å². The third kappa shape index (κ3) is 3.50. The summed E-state index contributed by atoms with van der Waals surface area (Å²) in [4.78, 5) is 10.6. The number of amides is 1. The molecule has 0 aromatic heterocycles. The lowest BCUT2D eigenvalue weighted by atomic mass is 10.1. The number of rotatable bonds is 5. The van der Waals surface area contributed by atoms with Gasteiger partial charge in [0.1, 0.15) is 16.3 Å². The number of hydrogen-bond acceptors (Lipinski definition) is 4. The fourth-order valence-corrected chi connectivity index (χ4v) is 2.87. The molecule has 0 unspecified atom stereocenters. The maximum Gasteiger partial charge on any atom is 0.241 e. The Labute approximate surface area is 121 Å². The van der Waals surface area contributed by atoms with Crippen molar-refractivity contribution >= 4 is 33.1 Å². The maximum atomic E-state index is 13.4. The van der Waals surface area contributed by atoms with E-state index < -0.39 is 27.3 Å². The zero-order chi connectivity index (χ0) is 15.7. The third-order valence-electron chi connectivity index (χ3n) is 2.52. The minimum absolute atomic E-state index is 0.195. The highest BCUT2D eigenvalue weighted by Gasteiger charge is 2.31. The highest BCUT2D eigenvalue weighted by molar-refractivity contribution is 7.89. The number of carbonyl (C=O) groups is 1. The fraction of sp³-hybridized carbons (Fsp3) is 0.273. The van der Waals surface area contributed by atoms with Gasteiger partial charge >= 0.3 is 0 Å². The minimum Gasteiger partial charge on any atom is -0.389 e. The number of sulfonamides is 1. The Kier molecular flexibility index (Phi) is 4.47. The van der Waals surface area contributed by atoms with Crippen LogP contribution in [0.15, 0.2) is 23.1 Å². The molecule has 0 aliphatic carbocycles. The van der Waals surface area contributed by atoms with Crippen LogP contribution in [0, 0.1) is 5.82 Å². The van der Waals surface area contributed by atoms with Gasteiger partial charge in [-0.2, -0.15) is 4.72 Å². The number of nitrogens with two attached hydrogens (primary N) is 2. The van der Waals surface area contributed by atoms with E-state index in [1.165, 1.54) is 13.8 Å². The quantitative estimate of drug-likeness (QED) is 0.661. The van der Waals surface area contributed by atoms with Gasteiger partial charge in [-0.05, 0) is 32.0 Å². The molecule has 1 amide bonds. The molecule has 1 aromatic carbocycles. The van der Waals surface area contributed by atoms with Gasteiger partial charge in [0, 0.05) is 5.56 Å². The lowest BCUT2D eigenvalue weighted by Gasteiger charge is -2.22. The summed E-state index contributed by atoms with van der Waals surface area (Å²) in [6.45, 7) is 2.62. The largest absolute Gasteiger partial charge is 0.389 e. The zero-order valence-corrected chi connectivity index (χ0v) is 12.4. The number of hydrogen-bond donors (Lipinski definition) is 3. The van der Waals surface area contributed by atoms with Gasteiger partial charge in [-0.25, -0.2) is 12.8 Å². The highest BCUT2D eigenvalue weighted by Crippen LogP contribution is 2.17. The fourth-order valence-electron chi connectivity index (χ4n) is 1.31. The second-order valence-corrected chi connectivity index (χ2v) is 6.72. The Morgan fingerprint density at radius 1 is 1.35 bits per heavy atom. The van der Waals surface area contributed by atoms with Gasteiger partial charge in [-0.1, -0.05) is 12.2 Å². The van der Waals surface area contributed by atoms with E-state index in [0.29, 0.717) is 0 Å². The molecule has 0 aliphatic heterocycles. The Morgan fingerprint density at radius 2 is 1.90 bits per heavy atom. The van der Waals surface area contributed by atoms with E-state index in [0.717, 1.165) is 18.2 Å². The first-order valence-electron chi connectivity index (χ1n) is 5.40. The van der Waals surface area contributed by atoms with Gasteiger partial charge < -0.3 is 11.5 Å². The topological polar surface area (TPSA) is 115 Å². The van der Waals surface area contributed by atoms with Crippen LogP contribution in [0.4, 0.5) is 4.39 Å². The van der Waals surface area contributed by atoms with Crippen LogP contribution in [0.5, 0.6) is 0 Å². The molecule has 5 N–H and O–H groups in total. The SMILES string of the molecule is CC(C)(NS(=O)(=O)c1ccc(F)c(C(N)=S)c1)C(N)=O. The van der Waals surface area contributed by atoms with Crippen LogP contribution in [-0.2, 0) is 14.8 Å². The molecular formula is C11H14FN3O3S2. The Bertz CT molecular complexity index is 671. The first-order valence-corrected chi connectivity index (χ1v) is 7.30. The van der Waals surface area contributed by atoms with Gasteiger partial charge in [0.2, 0.25) is 15.9 Å². The van der Waals surface area contributed by atoms with Crippen molar-refractivity contribution in [2.45, 2.75) is 24.3 Å². The molecule has 0 saturated carbocycles. The van der Waals surface area contributed by atoms with Crippen molar-refractivity contribution in [1.29, 1.82) is 0 Å².